The number of nitrogens with one attached hydrogen (secondary N) is 1. The second-order valence-electron chi connectivity index (χ2n) is 4.42. The minimum atomic E-state index is -0.360. The Morgan fingerprint density at radius 3 is 2.28 bits per heavy atom. The van der Waals surface area contributed by atoms with Gasteiger partial charge in [-0.25, -0.2) is 0 Å². The van der Waals surface area contributed by atoms with Crippen molar-refractivity contribution in [2.45, 2.75) is 31.8 Å². The van der Waals surface area contributed by atoms with Gasteiger partial charge in [0.15, 0.2) is 0 Å². The maximum Gasteiger partial charge on any atom is 0.0774 e. The van der Waals surface area contributed by atoms with E-state index >= 15 is 0 Å². The summed E-state index contributed by atoms with van der Waals surface area (Å²) in [5, 5.41) is 21.5. The van der Waals surface area contributed by atoms with Crippen LogP contribution in [0.25, 0.3) is 0 Å². The van der Waals surface area contributed by atoms with Crippen LogP contribution in [0.3, 0.4) is 0 Å². The first-order valence-electron chi connectivity index (χ1n) is 6.50. The van der Waals surface area contributed by atoms with Crippen LogP contribution in [0.2, 0.25) is 0 Å². The van der Waals surface area contributed by atoms with Crippen LogP contribution in [0.5, 0.6) is 0 Å². The van der Waals surface area contributed by atoms with Crippen LogP contribution in [0.1, 0.15) is 25.7 Å². The van der Waals surface area contributed by atoms with Crippen LogP contribution in [0.4, 0.5) is 0 Å². The molecule has 0 heterocycles. The van der Waals surface area contributed by atoms with Crippen LogP contribution < -0.4 is 5.32 Å². The zero-order valence-corrected chi connectivity index (χ0v) is 11.5. The number of hydrogen-bond acceptors (Lipinski definition) is 5. The van der Waals surface area contributed by atoms with Gasteiger partial charge in [-0.05, 0) is 38.8 Å². The largest absolute Gasteiger partial charge is 0.391 e. The molecule has 0 aromatic carbocycles. The average Bonchev–Trinajstić information content (AvgIpc) is 2.36. The highest BCUT2D eigenvalue weighted by molar-refractivity contribution is 4.82. The van der Waals surface area contributed by atoms with Gasteiger partial charge in [0.25, 0.3) is 0 Å². The van der Waals surface area contributed by atoms with E-state index < -0.39 is 0 Å². The van der Waals surface area contributed by atoms with Gasteiger partial charge in [0.05, 0.1) is 31.3 Å². The molecule has 2 N–H and O–H groups in total. The van der Waals surface area contributed by atoms with Crippen LogP contribution >= 0.6 is 0 Å². The monoisotopic (exact) mass is 258 g/mol. The van der Waals surface area contributed by atoms with E-state index in [1.807, 2.05) is 0 Å². The van der Waals surface area contributed by atoms with Crippen molar-refractivity contribution in [3.8, 4) is 6.07 Å². The van der Waals surface area contributed by atoms with Gasteiger partial charge in [0, 0.05) is 14.2 Å². The quantitative estimate of drug-likeness (QED) is 0.509. The van der Waals surface area contributed by atoms with Crippen LogP contribution in [-0.2, 0) is 9.47 Å². The lowest BCUT2D eigenvalue weighted by atomic mass is 10.1. The molecule has 5 nitrogen and oxygen atoms in total. The lowest BCUT2D eigenvalue weighted by Gasteiger charge is -2.10. The van der Waals surface area contributed by atoms with Gasteiger partial charge in [-0.1, -0.05) is 0 Å². The highest BCUT2D eigenvalue weighted by Crippen LogP contribution is 2.04. The standard InChI is InChI=1S/C13H26N2O3/c1-17-10-12(9-14)5-3-7-15-8-4-6-13(16)11-18-2/h12-13,15-16H,3-8,10-11H2,1-2H3. The van der Waals surface area contributed by atoms with E-state index in [1.165, 1.54) is 0 Å². The van der Waals surface area contributed by atoms with E-state index in [-0.39, 0.29) is 12.0 Å². The summed E-state index contributed by atoms with van der Waals surface area (Å²) in [6, 6.07) is 2.23. The first-order chi connectivity index (χ1) is 8.74. The predicted molar refractivity (Wildman–Crippen MR) is 70.2 cm³/mol. The minimum absolute atomic E-state index is 0.000301. The van der Waals surface area contributed by atoms with Crippen molar-refractivity contribution < 1.29 is 14.6 Å². The molecule has 5 heteroatoms. The first kappa shape index (κ1) is 17.3. The molecule has 0 saturated carbocycles. The normalized spacial score (nSPS) is 14.1. The number of aliphatic hydroxyl groups is 1. The zero-order chi connectivity index (χ0) is 13.6. The van der Waals surface area contributed by atoms with Crippen LogP contribution in [0.15, 0.2) is 0 Å². The summed E-state index contributed by atoms with van der Waals surface area (Å²) in [4.78, 5) is 0. The number of rotatable bonds is 12. The molecule has 0 aliphatic heterocycles. The van der Waals surface area contributed by atoms with Crippen molar-refractivity contribution in [1.82, 2.24) is 5.32 Å². The molecule has 2 unspecified atom stereocenters. The lowest BCUT2D eigenvalue weighted by molar-refractivity contribution is 0.0581. The Hall–Kier alpha value is -0.670. The molecule has 0 aromatic rings. The summed E-state index contributed by atoms with van der Waals surface area (Å²) in [7, 11) is 3.21. The third-order valence-electron chi connectivity index (χ3n) is 2.71. The van der Waals surface area contributed by atoms with Gasteiger partial charge >= 0.3 is 0 Å². The maximum absolute atomic E-state index is 9.41. The fraction of sp³-hybridized carbons (Fsp3) is 0.923. The van der Waals surface area contributed by atoms with Gasteiger partial charge in [0.1, 0.15) is 0 Å². The highest BCUT2D eigenvalue weighted by atomic mass is 16.5. The Morgan fingerprint density at radius 2 is 1.72 bits per heavy atom. The molecule has 0 aromatic heterocycles. The van der Waals surface area contributed by atoms with E-state index in [9.17, 15) is 5.11 Å². The Kier molecular flexibility index (Phi) is 12.3. The molecular weight excluding hydrogens is 232 g/mol. The minimum Gasteiger partial charge on any atom is -0.391 e. The number of hydrogen-bond donors (Lipinski definition) is 2. The van der Waals surface area contributed by atoms with Crippen molar-refractivity contribution in [2.24, 2.45) is 5.92 Å². The Balaban J connectivity index is 3.28. The smallest absolute Gasteiger partial charge is 0.0774 e. The summed E-state index contributed by atoms with van der Waals surface area (Å²) in [6.45, 7) is 2.71. The summed E-state index contributed by atoms with van der Waals surface area (Å²) in [6.07, 6.45) is 3.17. The van der Waals surface area contributed by atoms with Crippen molar-refractivity contribution in [1.29, 1.82) is 5.26 Å². The summed E-state index contributed by atoms with van der Waals surface area (Å²) in [5.41, 5.74) is 0. The maximum atomic E-state index is 9.41. The highest BCUT2D eigenvalue weighted by Gasteiger charge is 2.06. The SMILES string of the molecule is COCC(O)CCCNCCCC(C#N)COC. The van der Waals surface area contributed by atoms with Crippen molar-refractivity contribution >= 4 is 0 Å². The summed E-state index contributed by atoms with van der Waals surface area (Å²) in [5.74, 6) is 0.000301. The molecule has 106 valence electrons. The molecule has 0 spiro atoms. The predicted octanol–water partition coefficient (Wildman–Crippen LogP) is 0.930. The van der Waals surface area contributed by atoms with E-state index in [0.29, 0.717) is 13.2 Å². The molecule has 2 atom stereocenters. The second-order valence-corrected chi connectivity index (χ2v) is 4.42. The van der Waals surface area contributed by atoms with E-state index in [4.69, 9.17) is 14.7 Å². The average molecular weight is 258 g/mol. The molecule has 0 aliphatic rings. The Morgan fingerprint density at radius 1 is 1.11 bits per heavy atom. The first-order valence-corrected chi connectivity index (χ1v) is 6.50. The summed E-state index contributed by atoms with van der Waals surface area (Å²) >= 11 is 0. The number of nitrogens with zero attached hydrogens (tertiary/aromatic N) is 1. The molecule has 18 heavy (non-hydrogen) atoms. The second kappa shape index (κ2) is 12.8. The Labute approximate surface area is 110 Å². The molecule has 0 rings (SSSR count). The van der Waals surface area contributed by atoms with Gasteiger partial charge in [-0.15, -0.1) is 0 Å². The molecule has 0 radical (unpaired) electrons. The van der Waals surface area contributed by atoms with Crippen LogP contribution in [0, 0.1) is 17.2 Å². The van der Waals surface area contributed by atoms with Gasteiger partial charge in [-0.3, -0.25) is 0 Å². The third kappa shape index (κ3) is 10.5. The molecular formula is C13H26N2O3. The number of aliphatic hydroxyl groups excluding tert-OH is 1. The Bertz CT molecular complexity index is 219. The van der Waals surface area contributed by atoms with E-state index in [2.05, 4.69) is 11.4 Å². The fourth-order valence-corrected chi connectivity index (χ4v) is 1.72. The number of nitriles is 1. The van der Waals surface area contributed by atoms with Crippen molar-refractivity contribution in [2.75, 3.05) is 40.5 Å². The molecule has 0 aliphatic carbocycles. The fourth-order valence-electron chi connectivity index (χ4n) is 1.72. The third-order valence-corrected chi connectivity index (χ3v) is 2.71. The number of methoxy groups -OCH3 is 2. The molecule has 0 bridgehead atoms. The van der Waals surface area contributed by atoms with E-state index in [0.717, 1.165) is 38.8 Å². The topological polar surface area (TPSA) is 74.5 Å². The number of ether oxygens (including phenoxy) is 2. The van der Waals surface area contributed by atoms with Gasteiger partial charge < -0.3 is 19.9 Å². The molecule has 0 saturated heterocycles. The van der Waals surface area contributed by atoms with Gasteiger partial charge in [0.2, 0.25) is 0 Å². The van der Waals surface area contributed by atoms with Crippen LogP contribution in [-0.4, -0.2) is 51.7 Å². The van der Waals surface area contributed by atoms with Crippen molar-refractivity contribution in [3.63, 3.8) is 0 Å². The lowest BCUT2D eigenvalue weighted by Crippen LogP contribution is -2.21. The van der Waals surface area contributed by atoms with Crippen molar-refractivity contribution in [3.05, 3.63) is 0 Å². The zero-order valence-electron chi connectivity index (χ0n) is 11.5. The summed E-state index contributed by atoms with van der Waals surface area (Å²) < 4.78 is 9.81. The van der Waals surface area contributed by atoms with Gasteiger partial charge in [-0.2, -0.15) is 5.26 Å². The van der Waals surface area contributed by atoms with E-state index in [1.54, 1.807) is 14.2 Å². The molecule has 0 fully saturated rings. The molecule has 0 amide bonds.